The minimum atomic E-state index is -4.23. The van der Waals surface area contributed by atoms with Crippen molar-refractivity contribution in [2.45, 2.75) is 18.1 Å². The van der Waals surface area contributed by atoms with Crippen LogP contribution in [-0.4, -0.2) is 47.0 Å². The number of anilines is 1. The number of sulfonamides is 1. The summed E-state index contributed by atoms with van der Waals surface area (Å²) in [7, 11) is -1.96. The number of benzene rings is 1. The van der Waals surface area contributed by atoms with Gasteiger partial charge in [0.25, 0.3) is 15.9 Å². The fraction of sp³-hybridized carbons (Fsp3) is 0.278. The van der Waals surface area contributed by atoms with Gasteiger partial charge in [-0.05, 0) is 43.7 Å². The number of methoxy groups -OCH3 is 2. The molecule has 0 unspecified atom stereocenters. The largest absolute Gasteiger partial charge is 0.465 e. The molecule has 156 valence electrons. The first-order chi connectivity index (χ1) is 13.7. The van der Waals surface area contributed by atoms with Crippen LogP contribution >= 0.6 is 11.3 Å². The molecule has 2 rings (SSSR count). The summed E-state index contributed by atoms with van der Waals surface area (Å²) in [5, 5.41) is 2.64. The van der Waals surface area contributed by atoms with Crippen LogP contribution in [0.25, 0.3) is 0 Å². The molecule has 1 aromatic heterocycles. The van der Waals surface area contributed by atoms with Gasteiger partial charge in [0.1, 0.15) is 4.88 Å². The van der Waals surface area contributed by atoms with E-state index in [1.54, 1.807) is 6.92 Å². The van der Waals surface area contributed by atoms with E-state index in [2.05, 4.69) is 19.5 Å². The Morgan fingerprint density at radius 2 is 1.62 bits per heavy atom. The van der Waals surface area contributed by atoms with Gasteiger partial charge in [-0.25, -0.2) is 18.0 Å². The lowest BCUT2D eigenvalue weighted by Gasteiger charge is -2.09. The van der Waals surface area contributed by atoms with Crippen LogP contribution in [0, 0.1) is 6.92 Å². The molecule has 1 aromatic carbocycles. The van der Waals surface area contributed by atoms with Crippen LogP contribution in [0.5, 0.6) is 0 Å². The fourth-order valence-electron chi connectivity index (χ4n) is 2.46. The smallest absolute Gasteiger partial charge is 0.348 e. The number of nitrogens with one attached hydrogen (secondary N) is 2. The number of thiophene rings is 1. The van der Waals surface area contributed by atoms with Gasteiger partial charge in [-0.2, -0.15) is 0 Å². The Bertz CT molecular complexity index is 1040. The van der Waals surface area contributed by atoms with E-state index in [1.807, 2.05) is 0 Å². The Labute approximate surface area is 172 Å². The van der Waals surface area contributed by atoms with Gasteiger partial charge in [-0.1, -0.05) is 0 Å². The predicted molar refractivity (Wildman–Crippen MR) is 107 cm³/mol. The maximum absolute atomic E-state index is 12.9. The summed E-state index contributed by atoms with van der Waals surface area (Å²) in [5.41, 5.74) is 0.467. The zero-order valence-electron chi connectivity index (χ0n) is 16.2. The molecule has 0 aliphatic heterocycles. The van der Waals surface area contributed by atoms with Crippen LogP contribution in [0.2, 0.25) is 0 Å². The van der Waals surface area contributed by atoms with E-state index >= 15 is 0 Å². The molecule has 0 radical (unpaired) electrons. The molecule has 0 saturated carbocycles. The normalized spacial score (nSPS) is 10.9. The lowest BCUT2D eigenvalue weighted by Crippen LogP contribution is -2.22. The molecule has 2 N–H and O–H groups in total. The third-order valence-corrected chi connectivity index (χ3v) is 7.03. The van der Waals surface area contributed by atoms with E-state index in [0.717, 1.165) is 14.2 Å². The minimum Gasteiger partial charge on any atom is -0.465 e. The van der Waals surface area contributed by atoms with E-state index in [0.29, 0.717) is 23.4 Å². The molecular weight excluding hydrogens is 420 g/mol. The van der Waals surface area contributed by atoms with Crippen molar-refractivity contribution in [3.05, 3.63) is 45.8 Å². The zero-order chi connectivity index (χ0) is 21.8. The summed E-state index contributed by atoms with van der Waals surface area (Å²) in [6, 6.07) is 5.76. The van der Waals surface area contributed by atoms with Crippen LogP contribution in [0.1, 0.15) is 42.9 Å². The predicted octanol–water partition coefficient (Wildman–Crippen LogP) is 2.18. The van der Waals surface area contributed by atoms with Crippen molar-refractivity contribution in [3.63, 3.8) is 0 Å². The number of rotatable bonds is 7. The quantitative estimate of drug-likeness (QED) is 0.632. The topological polar surface area (TPSA) is 128 Å². The van der Waals surface area contributed by atoms with E-state index in [-0.39, 0.29) is 31.8 Å². The molecule has 0 saturated heterocycles. The number of carbonyl (C=O) groups is 3. The maximum Gasteiger partial charge on any atom is 0.348 e. The molecule has 0 atom stereocenters. The van der Waals surface area contributed by atoms with Crippen molar-refractivity contribution in [1.29, 1.82) is 0 Å². The van der Waals surface area contributed by atoms with E-state index in [9.17, 15) is 22.8 Å². The summed E-state index contributed by atoms with van der Waals surface area (Å²) in [6.07, 6.45) is 0. The van der Waals surface area contributed by atoms with E-state index in [1.165, 1.54) is 31.2 Å². The van der Waals surface area contributed by atoms with Crippen LogP contribution in [-0.2, 0) is 19.5 Å². The minimum absolute atomic E-state index is 0.0140. The second-order valence-corrected chi connectivity index (χ2v) is 8.64. The van der Waals surface area contributed by atoms with Gasteiger partial charge in [0.2, 0.25) is 0 Å². The number of ether oxygens (including phenoxy) is 2. The monoisotopic (exact) mass is 440 g/mol. The number of hydrogen-bond donors (Lipinski definition) is 2. The summed E-state index contributed by atoms with van der Waals surface area (Å²) >= 11 is 0.613. The van der Waals surface area contributed by atoms with Crippen LogP contribution < -0.4 is 10.0 Å². The summed E-state index contributed by atoms with van der Waals surface area (Å²) < 4.78 is 37.1. The summed E-state index contributed by atoms with van der Waals surface area (Å²) in [6.45, 7) is 3.68. The molecule has 0 aliphatic rings. The highest BCUT2D eigenvalue weighted by Crippen LogP contribution is 2.34. The number of carbonyl (C=O) groups excluding carboxylic acids is 3. The lowest BCUT2D eigenvalue weighted by molar-refractivity contribution is 0.0596. The first-order valence-corrected chi connectivity index (χ1v) is 10.7. The first kappa shape index (κ1) is 22.4. The van der Waals surface area contributed by atoms with Crippen molar-refractivity contribution in [3.8, 4) is 0 Å². The van der Waals surface area contributed by atoms with Crippen molar-refractivity contribution in [2.75, 3.05) is 25.5 Å². The Kier molecular flexibility index (Phi) is 6.98. The van der Waals surface area contributed by atoms with E-state index in [4.69, 9.17) is 0 Å². The third-order valence-electron chi connectivity index (χ3n) is 3.86. The Morgan fingerprint density at radius 1 is 1.03 bits per heavy atom. The molecule has 0 bridgehead atoms. The molecule has 0 fully saturated rings. The molecule has 29 heavy (non-hydrogen) atoms. The number of esters is 2. The lowest BCUT2D eigenvalue weighted by atomic mass is 10.2. The zero-order valence-corrected chi connectivity index (χ0v) is 17.8. The second kappa shape index (κ2) is 9.05. The van der Waals surface area contributed by atoms with Crippen LogP contribution in [0.3, 0.4) is 0 Å². The number of amides is 1. The van der Waals surface area contributed by atoms with Gasteiger partial charge in [0.15, 0.2) is 4.21 Å². The van der Waals surface area contributed by atoms with Crippen molar-refractivity contribution < 1.29 is 32.3 Å². The molecule has 0 spiro atoms. The van der Waals surface area contributed by atoms with Gasteiger partial charge in [0, 0.05) is 17.8 Å². The maximum atomic E-state index is 12.9. The molecule has 1 amide bonds. The summed E-state index contributed by atoms with van der Waals surface area (Å²) in [4.78, 5) is 35.9. The molecule has 2 aromatic rings. The SMILES string of the molecule is CCNC(=O)c1ccc(NS(=O)(=O)c2sc(C(=O)OC)c(C)c2C(=O)OC)cc1. The highest BCUT2D eigenvalue weighted by atomic mass is 32.2. The van der Waals surface area contributed by atoms with Gasteiger partial charge < -0.3 is 14.8 Å². The second-order valence-electron chi connectivity index (χ2n) is 5.74. The van der Waals surface area contributed by atoms with Crippen molar-refractivity contribution in [2.24, 2.45) is 0 Å². The first-order valence-electron chi connectivity index (χ1n) is 8.37. The Morgan fingerprint density at radius 3 is 2.14 bits per heavy atom. The molecular formula is C18H20N2O7S2. The van der Waals surface area contributed by atoms with Gasteiger partial charge in [-0.3, -0.25) is 9.52 Å². The van der Waals surface area contributed by atoms with Crippen molar-refractivity contribution >= 4 is 44.9 Å². The van der Waals surface area contributed by atoms with Crippen LogP contribution in [0.15, 0.2) is 28.5 Å². The highest BCUT2D eigenvalue weighted by Gasteiger charge is 2.32. The molecule has 9 nitrogen and oxygen atoms in total. The number of hydrogen-bond acceptors (Lipinski definition) is 8. The van der Waals surface area contributed by atoms with Gasteiger partial charge in [0.05, 0.1) is 19.8 Å². The Hall–Kier alpha value is -2.92. The summed E-state index contributed by atoms with van der Waals surface area (Å²) in [5.74, 6) is -1.93. The van der Waals surface area contributed by atoms with E-state index < -0.39 is 22.0 Å². The molecule has 11 heteroatoms. The fourth-order valence-corrected chi connectivity index (χ4v) is 5.26. The van der Waals surface area contributed by atoms with Crippen molar-refractivity contribution in [1.82, 2.24) is 5.32 Å². The van der Waals surface area contributed by atoms with Gasteiger partial charge in [-0.15, -0.1) is 11.3 Å². The average Bonchev–Trinajstić information content (AvgIpc) is 3.05. The molecule has 1 heterocycles. The standard InChI is InChI=1S/C18H20N2O7S2/c1-5-19-15(21)11-6-8-12(9-7-11)20-29(24,25)18-13(16(22)26-3)10(2)14(28-18)17(23)27-4/h6-9,20H,5H2,1-4H3,(H,19,21). The third kappa shape index (κ3) is 4.74. The Balaban J connectivity index is 2.44. The van der Waals surface area contributed by atoms with Gasteiger partial charge >= 0.3 is 11.9 Å². The average molecular weight is 440 g/mol. The molecule has 0 aliphatic carbocycles. The van der Waals surface area contributed by atoms with Crippen LogP contribution in [0.4, 0.5) is 5.69 Å². The highest BCUT2D eigenvalue weighted by molar-refractivity contribution is 7.94.